The van der Waals surface area contributed by atoms with Gasteiger partial charge in [-0.3, -0.25) is 9.59 Å². The SMILES string of the molecule is C=C1CC23CC1(O)CCC2C12CC(OC4OC(CO)C(O)C(O)C4O)CC(C)(C(=O)O1)C2C3C(=O)O. The van der Waals surface area contributed by atoms with Crippen molar-refractivity contribution >= 4 is 11.9 Å². The Balaban J connectivity index is 1.37. The smallest absolute Gasteiger partial charge is 0.312 e. The molecule has 4 bridgehead atoms. The Morgan fingerprint density at radius 3 is 2.58 bits per heavy atom. The van der Waals surface area contributed by atoms with E-state index in [1.165, 1.54) is 0 Å². The highest BCUT2D eigenvalue weighted by molar-refractivity contribution is 5.85. The summed E-state index contributed by atoms with van der Waals surface area (Å²) in [7, 11) is 0. The number of hydrogen-bond acceptors (Lipinski definition) is 10. The Morgan fingerprint density at radius 1 is 1.19 bits per heavy atom. The van der Waals surface area contributed by atoms with Crippen molar-refractivity contribution < 1.29 is 54.4 Å². The van der Waals surface area contributed by atoms with Crippen LogP contribution in [-0.4, -0.2) is 97.2 Å². The molecular formula is C25H34O11. The van der Waals surface area contributed by atoms with Crippen LogP contribution in [0.2, 0.25) is 0 Å². The van der Waals surface area contributed by atoms with Crippen molar-refractivity contribution in [2.45, 2.75) is 93.5 Å². The zero-order chi connectivity index (χ0) is 26.0. The topological polar surface area (TPSA) is 183 Å². The number of aliphatic hydroxyl groups excluding tert-OH is 4. The predicted octanol–water partition coefficient (Wildman–Crippen LogP) is -0.925. The molecule has 6 fully saturated rings. The predicted molar refractivity (Wildman–Crippen MR) is 118 cm³/mol. The molecule has 11 nitrogen and oxygen atoms in total. The first-order valence-electron chi connectivity index (χ1n) is 12.7. The van der Waals surface area contributed by atoms with Gasteiger partial charge in [-0.05, 0) is 50.0 Å². The molecule has 0 radical (unpaired) electrons. The van der Waals surface area contributed by atoms with Gasteiger partial charge in [-0.2, -0.15) is 0 Å². The molecule has 2 aliphatic heterocycles. The third-order valence-corrected chi connectivity index (χ3v) is 10.5. The van der Waals surface area contributed by atoms with Gasteiger partial charge >= 0.3 is 11.9 Å². The molecule has 0 aromatic heterocycles. The number of carboxylic acid groups (broad SMARTS) is 1. The number of aliphatic carboxylic acids is 1. The highest BCUT2D eigenvalue weighted by Gasteiger charge is 2.84. The zero-order valence-electron chi connectivity index (χ0n) is 20.1. The van der Waals surface area contributed by atoms with E-state index in [0.29, 0.717) is 24.8 Å². The molecule has 6 aliphatic rings. The number of carbonyl (C=O) groups excluding carboxylic acids is 1. The van der Waals surface area contributed by atoms with Gasteiger partial charge < -0.3 is 44.8 Å². The van der Waals surface area contributed by atoms with E-state index >= 15 is 0 Å². The summed E-state index contributed by atoms with van der Waals surface area (Å²) in [5, 5.41) is 61.9. The van der Waals surface area contributed by atoms with E-state index in [2.05, 4.69) is 6.58 Å². The van der Waals surface area contributed by atoms with Crippen LogP contribution in [0.15, 0.2) is 12.2 Å². The lowest BCUT2D eigenvalue weighted by Gasteiger charge is -2.48. The van der Waals surface area contributed by atoms with Gasteiger partial charge in [0, 0.05) is 18.3 Å². The number of hydrogen-bond donors (Lipinski definition) is 6. The largest absolute Gasteiger partial charge is 0.481 e. The Labute approximate surface area is 207 Å². The van der Waals surface area contributed by atoms with Crippen molar-refractivity contribution in [3.8, 4) is 0 Å². The Bertz CT molecular complexity index is 1010. The average Bonchev–Trinajstić information content (AvgIpc) is 3.21. The first-order chi connectivity index (χ1) is 16.8. The Hall–Kier alpha value is -1.60. The molecule has 11 heteroatoms. The molecule has 1 spiro atoms. The third kappa shape index (κ3) is 2.82. The van der Waals surface area contributed by atoms with Crippen molar-refractivity contribution in [2.24, 2.45) is 28.6 Å². The Morgan fingerprint density at radius 2 is 1.92 bits per heavy atom. The molecule has 0 aromatic rings. The summed E-state index contributed by atoms with van der Waals surface area (Å²) in [4.78, 5) is 26.1. The van der Waals surface area contributed by atoms with Gasteiger partial charge in [0.1, 0.15) is 30.0 Å². The fraction of sp³-hybridized carbons (Fsp3) is 0.840. The minimum absolute atomic E-state index is 0.116. The van der Waals surface area contributed by atoms with E-state index < -0.39 is 89.2 Å². The van der Waals surface area contributed by atoms with Crippen molar-refractivity contribution in [2.75, 3.05) is 6.61 Å². The van der Waals surface area contributed by atoms with E-state index in [1.54, 1.807) is 6.92 Å². The van der Waals surface area contributed by atoms with Crippen LogP contribution in [0.25, 0.3) is 0 Å². The molecule has 200 valence electrons. The van der Waals surface area contributed by atoms with E-state index in [0.717, 1.165) is 0 Å². The van der Waals surface area contributed by atoms with Crippen LogP contribution < -0.4 is 0 Å². The summed E-state index contributed by atoms with van der Waals surface area (Å²) in [6.45, 7) is 5.17. The van der Waals surface area contributed by atoms with Crippen LogP contribution in [0.5, 0.6) is 0 Å². The van der Waals surface area contributed by atoms with Gasteiger partial charge in [-0.25, -0.2) is 0 Å². The summed E-state index contributed by atoms with van der Waals surface area (Å²) in [5.41, 5.74) is -3.59. The number of esters is 1. The van der Waals surface area contributed by atoms with Crippen molar-refractivity contribution in [1.29, 1.82) is 0 Å². The second-order valence-corrected chi connectivity index (χ2v) is 12.2. The molecule has 4 saturated carbocycles. The Kier molecular flexibility index (Phi) is 5.15. The van der Waals surface area contributed by atoms with Crippen molar-refractivity contribution in [3.05, 3.63) is 12.2 Å². The fourth-order valence-electron chi connectivity index (χ4n) is 9.21. The molecule has 2 saturated heterocycles. The van der Waals surface area contributed by atoms with Gasteiger partial charge in [-0.15, -0.1) is 0 Å². The summed E-state index contributed by atoms with van der Waals surface area (Å²) in [5.74, 6) is -3.33. The zero-order valence-corrected chi connectivity index (χ0v) is 20.1. The van der Waals surface area contributed by atoms with Crippen LogP contribution in [0.3, 0.4) is 0 Å². The molecule has 36 heavy (non-hydrogen) atoms. The molecule has 13 atom stereocenters. The lowest BCUT2D eigenvalue weighted by molar-refractivity contribution is -0.317. The van der Waals surface area contributed by atoms with Crippen LogP contribution >= 0.6 is 0 Å². The molecule has 2 heterocycles. The third-order valence-electron chi connectivity index (χ3n) is 10.5. The number of rotatable bonds is 4. The van der Waals surface area contributed by atoms with E-state index in [9.17, 15) is 40.2 Å². The van der Waals surface area contributed by atoms with Crippen molar-refractivity contribution in [3.63, 3.8) is 0 Å². The van der Waals surface area contributed by atoms with Gasteiger partial charge in [-0.1, -0.05) is 6.58 Å². The minimum atomic E-state index is -1.60. The lowest BCUT2D eigenvalue weighted by Crippen LogP contribution is -2.60. The quantitative estimate of drug-likeness (QED) is 0.203. The maximum atomic E-state index is 13.3. The van der Waals surface area contributed by atoms with Gasteiger partial charge in [0.15, 0.2) is 6.29 Å². The van der Waals surface area contributed by atoms with Crippen LogP contribution in [0.4, 0.5) is 0 Å². The van der Waals surface area contributed by atoms with Crippen LogP contribution in [0, 0.1) is 28.6 Å². The standard InChI is InChI=1S/C25H34O11/c1-10-5-23-9-24(10,33)4-3-13(23)25-7-11(34-20-17(29)16(28)15(27)12(8-26)35-20)6-22(2,21(32)36-25)18(25)14(23)19(30)31/h11-18,20,26-29,33H,1,3-9H2,2H3,(H,30,31). The monoisotopic (exact) mass is 510 g/mol. The summed E-state index contributed by atoms with van der Waals surface area (Å²) >= 11 is 0. The first kappa shape index (κ1) is 24.7. The number of carboxylic acids is 1. The van der Waals surface area contributed by atoms with E-state index in [-0.39, 0.29) is 25.2 Å². The molecular weight excluding hydrogens is 476 g/mol. The van der Waals surface area contributed by atoms with E-state index in [1.807, 2.05) is 0 Å². The lowest BCUT2D eigenvalue weighted by atomic mass is 9.59. The number of fused-ring (bicyclic) bond motifs is 1. The highest BCUT2D eigenvalue weighted by Crippen LogP contribution is 2.78. The van der Waals surface area contributed by atoms with Crippen molar-refractivity contribution in [1.82, 2.24) is 0 Å². The normalized spacial score (nSPS) is 57.3. The highest BCUT2D eigenvalue weighted by atomic mass is 16.7. The number of aliphatic hydroxyl groups is 5. The van der Waals surface area contributed by atoms with Crippen LogP contribution in [0.1, 0.15) is 45.4 Å². The van der Waals surface area contributed by atoms with Crippen LogP contribution in [-0.2, 0) is 23.8 Å². The second kappa shape index (κ2) is 7.49. The van der Waals surface area contributed by atoms with Gasteiger partial charge in [0.2, 0.25) is 0 Å². The fourth-order valence-corrected chi connectivity index (χ4v) is 9.21. The molecule has 0 amide bonds. The summed E-state index contributed by atoms with van der Waals surface area (Å²) in [6, 6.07) is 0. The van der Waals surface area contributed by atoms with E-state index in [4.69, 9.17) is 14.2 Å². The molecule has 0 aromatic carbocycles. The maximum absolute atomic E-state index is 13.3. The minimum Gasteiger partial charge on any atom is -0.481 e. The number of ether oxygens (including phenoxy) is 3. The maximum Gasteiger partial charge on any atom is 0.312 e. The van der Waals surface area contributed by atoms with Gasteiger partial charge in [0.05, 0.1) is 29.6 Å². The molecule has 6 rings (SSSR count). The molecule has 4 aliphatic carbocycles. The molecule has 6 N–H and O–H groups in total. The first-order valence-corrected chi connectivity index (χ1v) is 12.7. The summed E-state index contributed by atoms with van der Waals surface area (Å²) in [6.07, 6.45) is -6.12. The summed E-state index contributed by atoms with van der Waals surface area (Å²) < 4.78 is 17.8. The average molecular weight is 511 g/mol. The number of carbonyl (C=O) groups is 2. The second-order valence-electron chi connectivity index (χ2n) is 12.2. The van der Waals surface area contributed by atoms with Gasteiger partial charge in [0.25, 0.3) is 0 Å². The molecule has 13 unspecified atom stereocenters.